The minimum absolute atomic E-state index is 0.0857. The van der Waals surface area contributed by atoms with Gasteiger partial charge in [-0.2, -0.15) is 0 Å². The van der Waals surface area contributed by atoms with Crippen LogP contribution in [-0.4, -0.2) is 25.5 Å². The lowest BCUT2D eigenvalue weighted by Gasteiger charge is -2.04. The number of furan rings is 1. The van der Waals surface area contributed by atoms with Crippen LogP contribution in [0.5, 0.6) is 0 Å². The summed E-state index contributed by atoms with van der Waals surface area (Å²) >= 11 is 0. The van der Waals surface area contributed by atoms with Crippen molar-refractivity contribution in [3.8, 4) is 0 Å². The van der Waals surface area contributed by atoms with E-state index < -0.39 is 0 Å². The molecule has 4 nitrogen and oxygen atoms in total. The Bertz CT molecular complexity index is 270. The second-order valence-electron chi connectivity index (χ2n) is 3.28. The summed E-state index contributed by atoms with van der Waals surface area (Å²) in [6.07, 6.45) is 2.92. The third-order valence-corrected chi connectivity index (χ3v) is 2.05. The van der Waals surface area contributed by atoms with E-state index in [1.165, 1.54) is 0 Å². The van der Waals surface area contributed by atoms with Gasteiger partial charge in [-0.1, -0.05) is 6.92 Å². The topological polar surface area (TPSA) is 54.3 Å². The minimum Gasteiger partial charge on any atom is -0.469 e. The molecule has 0 aromatic carbocycles. The molecule has 0 atom stereocenters. The van der Waals surface area contributed by atoms with Crippen LogP contribution in [0.4, 0.5) is 0 Å². The zero-order chi connectivity index (χ0) is 10.9. The molecule has 0 saturated carbocycles. The first-order valence-corrected chi connectivity index (χ1v) is 5.32. The van der Waals surface area contributed by atoms with Crippen molar-refractivity contribution < 1.29 is 9.21 Å². The maximum Gasteiger partial charge on any atom is 0.221 e. The van der Waals surface area contributed by atoms with Crippen LogP contribution in [0.3, 0.4) is 0 Å². The van der Waals surface area contributed by atoms with Crippen LogP contribution in [0.15, 0.2) is 22.8 Å². The minimum atomic E-state index is 0.0857. The Balaban J connectivity index is 2.02. The Kier molecular flexibility index (Phi) is 5.55. The lowest BCUT2D eigenvalue weighted by atomic mass is 10.3. The normalized spacial score (nSPS) is 10.2. The maximum absolute atomic E-state index is 11.3. The highest BCUT2D eigenvalue weighted by Crippen LogP contribution is 1.99. The van der Waals surface area contributed by atoms with Crippen LogP contribution in [0.25, 0.3) is 0 Å². The fraction of sp³-hybridized carbons (Fsp3) is 0.545. The molecule has 0 unspecified atom stereocenters. The van der Waals surface area contributed by atoms with Gasteiger partial charge < -0.3 is 15.1 Å². The van der Waals surface area contributed by atoms with Crippen LogP contribution in [-0.2, 0) is 11.2 Å². The predicted octanol–water partition coefficient (Wildman–Crippen LogP) is 0.938. The average Bonchev–Trinajstić information content (AvgIpc) is 2.71. The second-order valence-corrected chi connectivity index (χ2v) is 3.28. The van der Waals surface area contributed by atoms with Crippen LogP contribution in [0, 0.1) is 0 Å². The molecule has 0 spiro atoms. The first-order valence-electron chi connectivity index (χ1n) is 5.32. The molecule has 0 aliphatic heterocycles. The van der Waals surface area contributed by atoms with Gasteiger partial charge >= 0.3 is 0 Å². The summed E-state index contributed by atoms with van der Waals surface area (Å²) in [5, 5.41) is 5.94. The molecule has 0 bridgehead atoms. The summed E-state index contributed by atoms with van der Waals surface area (Å²) in [6.45, 7) is 4.30. The van der Waals surface area contributed by atoms with Crippen LogP contribution >= 0.6 is 0 Å². The number of carbonyl (C=O) groups is 1. The van der Waals surface area contributed by atoms with E-state index in [1.54, 1.807) is 6.26 Å². The smallest absolute Gasteiger partial charge is 0.221 e. The molecular formula is C11H18N2O2. The molecule has 0 fully saturated rings. The van der Waals surface area contributed by atoms with Crippen molar-refractivity contribution in [3.05, 3.63) is 24.2 Å². The lowest BCUT2D eigenvalue weighted by Crippen LogP contribution is -2.29. The molecule has 0 aliphatic carbocycles. The molecule has 1 aromatic heterocycles. The molecule has 0 radical (unpaired) electrons. The van der Waals surface area contributed by atoms with Crippen LogP contribution in [0.2, 0.25) is 0 Å². The van der Waals surface area contributed by atoms with E-state index in [4.69, 9.17) is 4.42 Å². The van der Waals surface area contributed by atoms with Crippen LogP contribution < -0.4 is 10.6 Å². The molecular weight excluding hydrogens is 192 g/mol. The van der Waals surface area contributed by atoms with Gasteiger partial charge in [0.1, 0.15) is 5.76 Å². The van der Waals surface area contributed by atoms with Crippen molar-refractivity contribution in [2.75, 3.05) is 19.6 Å². The quantitative estimate of drug-likeness (QED) is 0.658. The molecule has 1 aromatic rings. The monoisotopic (exact) mass is 210 g/mol. The zero-order valence-electron chi connectivity index (χ0n) is 9.08. The Morgan fingerprint density at radius 1 is 1.47 bits per heavy atom. The van der Waals surface area contributed by atoms with Crippen molar-refractivity contribution in [2.45, 2.75) is 19.8 Å². The van der Waals surface area contributed by atoms with Gasteiger partial charge in [0.05, 0.1) is 6.26 Å². The van der Waals surface area contributed by atoms with Gasteiger partial charge in [0.15, 0.2) is 0 Å². The molecule has 1 heterocycles. The summed E-state index contributed by atoms with van der Waals surface area (Å²) in [5.41, 5.74) is 0. The summed E-state index contributed by atoms with van der Waals surface area (Å²) in [6, 6.07) is 3.76. The second kappa shape index (κ2) is 7.06. The molecule has 15 heavy (non-hydrogen) atoms. The van der Waals surface area contributed by atoms with Gasteiger partial charge in [0.25, 0.3) is 0 Å². The van der Waals surface area contributed by atoms with Crippen LogP contribution in [0.1, 0.15) is 19.1 Å². The fourth-order valence-electron chi connectivity index (χ4n) is 1.25. The molecule has 84 valence electrons. The summed E-state index contributed by atoms with van der Waals surface area (Å²) in [7, 11) is 0. The van der Waals surface area contributed by atoms with Gasteiger partial charge in [-0.3, -0.25) is 4.79 Å². The highest BCUT2D eigenvalue weighted by molar-refractivity contribution is 5.76. The predicted molar refractivity (Wildman–Crippen MR) is 58.6 cm³/mol. The van der Waals surface area contributed by atoms with Crippen molar-refractivity contribution in [2.24, 2.45) is 0 Å². The Hall–Kier alpha value is -1.29. The Labute approximate surface area is 90.0 Å². The zero-order valence-corrected chi connectivity index (χ0v) is 9.08. The number of carbonyl (C=O) groups excluding carboxylic acids is 1. The van der Waals surface area contributed by atoms with E-state index in [2.05, 4.69) is 10.6 Å². The number of rotatable bonds is 7. The first kappa shape index (κ1) is 11.8. The van der Waals surface area contributed by atoms with E-state index in [0.29, 0.717) is 13.0 Å². The summed E-state index contributed by atoms with van der Waals surface area (Å²) in [5.74, 6) is 0.990. The summed E-state index contributed by atoms with van der Waals surface area (Å²) < 4.78 is 5.15. The fourth-order valence-corrected chi connectivity index (χ4v) is 1.25. The number of nitrogens with one attached hydrogen (secondary N) is 2. The molecule has 0 saturated heterocycles. The molecule has 4 heteroatoms. The van der Waals surface area contributed by atoms with Gasteiger partial charge in [-0.25, -0.2) is 0 Å². The number of hydrogen-bond acceptors (Lipinski definition) is 3. The highest BCUT2D eigenvalue weighted by atomic mass is 16.3. The Morgan fingerprint density at radius 3 is 3.00 bits per heavy atom. The lowest BCUT2D eigenvalue weighted by molar-refractivity contribution is -0.120. The van der Waals surface area contributed by atoms with Crippen molar-refractivity contribution >= 4 is 5.91 Å². The van der Waals surface area contributed by atoms with E-state index in [0.717, 1.165) is 25.3 Å². The van der Waals surface area contributed by atoms with Crippen molar-refractivity contribution in [1.29, 1.82) is 0 Å². The van der Waals surface area contributed by atoms with Gasteiger partial charge in [-0.05, 0) is 18.7 Å². The van der Waals surface area contributed by atoms with Crippen molar-refractivity contribution in [3.63, 3.8) is 0 Å². The third kappa shape index (κ3) is 5.22. The van der Waals surface area contributed by atoms with Gasteiger partial charge in [0.2, 0.25) is 5.91 Å². The van der Waals surface area contributed by atoms with E-state index >= 15 is 0 Å². The molecule has 0 aliphatic rings. The highest BCUT2D eigenvalue weighted by Gasteiger charge is 2.00. The summed E-state index contributed by atoms with van der Waals surface area (Å²) in [4.78, 5) is 11.3. The van der Waals surface area contributed by atoms with E-state index in [9.17, 15) is 4.79 Å². The van der Waals surface area contributed by atoms with Gasteiger partial charge in [-0.15, -0.1) is 0 Å². The van der Waals surface area contributed by atoms with E-state index in [-0.39, 0.29) is 5.91 Å². The molecule has 1 amide bonds. The molecule has 1 rings (SSSR count). The standard InChI is InChI=1S/C11H18N2O2/c1-2-12-7-6-11(14)13-8-5-10-4-3-9-15-10/h3-4,9,12H,2,5-8H2,1H3,(H,13,14). The molecule has 2 N–H and O–H groups in total. The first-order chi connectivity index (χ1) is 7.33. The SMILES string of the molecule is CCNCCC(=O)NCCc1ccco1. The average molecular weight is 210 g/mol. The van der Waals surface area contributed by atoms with E-state index in [1.807, 2.05) is 19.1 Å². The number of hydrogen-bond donors (Lipinski definition) is 2. The number of amides is 1. The maximum atomic E-state index is 11.3. The third-order valence-electron chi connectivity index (χ3n) is 2.05. The largest absolute Gasteiger partial charge is 0.469 e. The Morgan fingerprint density at radius 2 is 2.33 bits per heavy atom. The van der Waals surface area contributed by atoms with Gasteiger partial charge in [0, 0.05) is 25.9 Å². The van der Waals surface area contributed by atoms with Crippen molar-refractivity contribution in [1.82, 2.24) is 10.6 Å².